The van der Waals surface area contributed by atoms with Gasteiger partial charge in [-0.2, -0.15) is 0 Å². The van der Waals surface area contributed by atoms with Crippen LogP contribution < -0.4 is 5.73 Å². The summed E-state index contributed by atoms with van der Waals surface area (Å²) >= 11 is 6.41. The molecule has 0 bridgehead atoms. The molecule has 6 heteroatoms. The van der Waals surface area contributed by atoms with Gasteiger partial charge in [0.25, 0.3) is 0 Å². The van der Waals surface area contributed by atoms with Crippen molar-refractivity contribution in [3.63, 3.8) is 0 Å². The van der Waals surface area contributed by atoms with E-state index in [0.29, 0.717) is 11.6 Å². The fourth-order valence-electron chi connectivity index (χ4n) is 3.38. The molecule has 1 aliphatic rings. The monoisotopic (exact) mass is 356 g/mol. The Labute approximate surface area is 150 Å². The van der Waals surface area contributed by atoms with Crippen LogP contribution in [0.25, 0.3) is 11.4 Å². The summed E-state index contributed by atoms with van der Waals surface area (Å²) in [5.41, 5.74) is 8.35. The van der Waals surface area contributed by atoms with Gasteiger partial charge >= 0.3 is 0 Å². The van der Waals surface area contributed by atoms with Crippen LogP contribution in [0.2, 0.25) is 5.02 Å². The first kappa shape index (κ1) is 16.2. The largest absolute Gasteiger partial charge is 0.326 e. The molecule has 1 saturated carbocycles. The van der Waals surface area contributed by atoms with Crippen molar-refractivity contribution in [2.45, 2.75) is 24.8 Å². The molecule has 4 nitrogen and oxygen atoms in total. The maximum atomic E-state index is 13.3. The molecule has 0 unspecified atom stereocenters. The average molecular weight is 357 g/mol. The van der Waals surface area contributed by atoms with Gasteiger partial charge in [0, 0.05) is 19.2 Å². The Morgan fingerprint density at radius 3 is 2.48 bits per heavy atom. The second kappa shape index (κ2) is 5.93. The lowest BCUT2D eigenvalue weighted by atomic mass is 9.95. The third-order valence-electron chi connectivity index (χ3n) is 4.96. The highest BCUT2D eigenvalue weighted by Crippen LogP contribution is 2.53. The minimum absolute atomic E-state index is 0.183. The quantitative estimate of drug-likeness (QED) is 0.773. The topological polar surface area (TPSA) is 56.7 Å². The molecule has 0 saturated heterocycles. The van der Waals surface area contributed by atoms with E-state index in [-0.39, 0.29) is 11.2 Å². The van der Waals surface area contributed by atoms with Gasteiger partial charge in [-0.3, -0.25) is 0 Å². The number of benzene rings is 2. The van der Waals surface area contributed by atoms with Gasteiger partial charge in [0.1, 0.15) is 11.6 Å². The van der Waals surface area contributed by atoms with Crippen molar-refractivity contribution in [1.82, 2.24) is 14.8 Å². The SMILES string of the molecule is Cn1c(-c2ccc(CN)cc2Cl)nnc1C1(c2ccc(F)cc2)CC1. The molecule has 0 radical (unpaired) electrons. The highest BCUT2D eigenvalue weighted by atomic mass is 35.5. The molecule has 128 valence electrons. The first-order valence-corrected chi connectivity index (χ1v) is 8.58. The van der Waals surface area contributed by atoms with E-state index in [2.05, 4.69) is 10.2 Å². The fourth-order valence-corrected chi connectivity index (χ4v) is 3.67. The predicted octanol–water partition coefficient (Wildman–Crippen LogP) is 3.81. The molecule has 1 aromatic heterocycles. The number of nitrogens with zero attached hydrogens (tertiary/aromatic N) is 3. The van der Waals surface area contributed by atoms with Crippen LogP contribution in [0.15, 0.2) is 42.5 Å². The summed E-state index contributed by atoms with van der Waals surface area (Å²) < 4.78 is 15.2. The molecule has 4 rings (SSSR count). The third-order valence-corrected chi connectivity index (χ3v) is 5.27. The van der Waals surface area contributed by atoms with Crippen LogP contribution in [0, 0.1) is 5.82 Å². The minimum atomic E-state index is -0.232. The van der Waals surface area contributed by atoms with Crippen LogP contribution in [-0.4, -0.2) is 14.8 Å². The molecule has 25 heavy (non-hydrogen) atoms. The number of halogens is 2. The summed E-state index contributed by atoms with van der Waals surface area (Å²) in [7, 11) is 1.95. The molecule has 0 spiro atoms. The first-order chi connectivity index (χ1) is 12.0. The van der Waals surface area contributed by atoms with Crippen molar-refractivity contribution < 1.29 is 4.39 Å². The molecule has 2 N–H and O–H groups in total. The predicted molar refractivity (Wildman–Crippen MR) is 95.8 cm³/mol. The lowest BCUT2D eigenvalue weighted by molar-refractivity contribution is 0.624. The molecule has 1 heterocycles. The molecule has 1 fully saturated rings. The van der Waals surface area contributed by atoms with Crippen molar-refractivity contribution in [3.8, 4) is 11.4 Å². The van der Waals surface area contributed by atoms with Crippen LogP contribution >= 0.6 is 11.6 Å². The zero-order chi connectivity index (χ0) is 17.6. The van der Waals surface area contributed by atoms with Gasteiger partial charge < -0.3 is 10.3 Å². The van der Waals surface area contributed by atoms with Crippen molar-refractivity contribution >= 4 is 11.6 Å². The van der Waals surface area contributed by atoms with Gasteiger partial charge in [-0.05, 0) is 48.2 Å². The summed E-state index contributed by atoms with van der Waals surface area (Å²) in [4.78, 5) is 0. The van der Waals surface area contributed by atoms with E-state index < -0.39 is 0 Å². The van der Waals surface area contributed by atoms with E-state index in [1.165, 1.54) is 12.1 Å². The van der Waals surface area contributed by atoms with Gasteiger partial charge in [-0.15, -0.1) is 10.2 Å². The van der Waals surface area contributed by atoms with Gasteiger partial charge in [0.05, 0.1) is 10.4 Å². The molecule has 0 atom stereocenters. The number of nitrogens with two attached hydrogens (primary N) is 1. The van der Waals surface area contributed by atoms with Crippen molar-refractivity contribution in [2.24, 2.45) is 12.8 Å². The Kier molecular flexibility index (Phi) is 3.85. The maximum absolute atomic E-state index is 13.3. The number of hydrogen-bond acceptors (Lipinski definition) is 3. The third kappa shape index (κ3) is 2.64. The van der Waals surface area contributed by atoms with E-state index in [0.717, 1.165) is 41.2 Å². The summed E-state index contributed by atoms with van der Waals surface area (Å²) in [6, 6.07) is 12.4. The lowest BCUT2D eigenvalue weighted by Crippen LogP contribution is -2.15. The van der Waals surface area contributed by atoms with Gasteiger partial charge in [0.2, 0.25) is 0 Å². The fraction of sp³-hybridized carbons (Fsp3) is 0.263. The molecular formula is C19H18ClFN4. The zero-order valence-corrected chi connectivity index (χ0v) is 14.6. The van der Waals surface area contributed by atoms with E-state index in [9.17, 15) is 4.39 Å². The smallest absolute Gasteiger partial charge is 0.165 e. The van der Waals surface area contributed by atoms with E-state index in [1.54, 1.807) is 0 Å². The van der Waals surface area contributed by atoms with Crippen LogP contribution in [0.5, 0.6) is 0 Å². The summed E-state index contributed by atoms with van der Waals surface area (Å²) in [6.07, 6.45) is 1.95. The molecular weight excluding hydrogens is 339 g/mol. The second-order valence-electron chi connectivity index (χ2n) is 6.51. The number of hydrogen-bond donors (Lipinski definition) is 1. The van der Waals surface area contributed by atoms with Crippen molar-refractivity contribution in [2.75, 3.05) is 0 Å². The van der Waals surface area contributed by atoms with Crippen LogP contribution in [0.1, 0.15) is 29.8 Å². The Morgan fingerprint density at radius 1 is 1.16 bits per heavy atom. The molecule has 0 amide bonds. The maximum Gasteiger partial charge on any atom is 0.165 e. The van der Waals surface area contributed by atoms with E-state index >= 15 is 0 Å². The second-order valence-corrected chi connectivity index (χ2v) is 6.92. The number of rotatable bonds is 4. The van der Waals surface area contributed by atoms with Crippen molar-refractivity contribution in [3.05, 3.63) is 70.3 Å². The molecule has 3 aromatic rings. The van der Waals surface area contributed by atoms with Crippen molar-refractivity contribution in [1.29, 1.82) is 0 Å². The van der Waals surface area contributed by atoms with Crippen LogP contribution in [-0.2, 0) is 19.0 Å². The Bertz CT molecular complexity index is 929. The van der Waals surface area contributed by atoms with Crippen LogP contribution in [0.4, 0.5) is 4.39 Å². The normalized spacial score (nSPS) is 15.4. The first-order valence-electron chi connectivity index (χ1n) is 8.20. The Morgan fingerprint density at radius 2 is 1.88 bits per heavy atom. The number of aromatic nitrogens is 3. The van der Waals surface area contributed by atoms with E-state index in [1.807, 2.05) is 41.9 Å². The van der Waals surface area contributed by atoms with Crippen LogP contribution in [0.3, 0.4) is 0 Å². The van der Waals surface area contributed by atoms with E-state index in [4.69, 9.17) is 17.3 Å². The highest BCUT2D eigenvalue weighted by molar-refractivity contribution is 6.33. The Hall–Kier alpha value is -2.24. The lowest BCUT2D eigenvalue weighted by Gasteiger charge is -2.15. The minimum Gasteiger partial charge on any atom is -0.326 e. The molecule has 1 aliphatic carbocycles. The summed E-state index contributed by atoms with van der Waals surface area (Å²) in [5, 5.41) is 9.43. The zero-order valence-electron chi connectivity index (χ0n) is 13.8. The molecule has 0 aliphatic heterocycles. The standard InChI is InChI=1S/C19H18ClFN4/c1-25-17(15-7-2-12(11-22)10-16(15)20)23-24-18(25)19(8-9-19)13-3-5-14(21)6-4-13/h2-7,10H,8-9,11,22H2,1H3. The van der Waals surface area contributed by atoms with Gasteiger partial charge in [-0.25, -0.2) is 4.39 Å². The molecule has 2 aromatic carbocycles. The van der Waals surface area contributed by atoms with Gasteiger partial charge in [-0.1, -0.05) is 29.8 Å². The average Bonchev–Trinajstić information content (AvgIpc) is 3.33. The highest BCUT2D eigenvalue weighted by Gasteiger charge is 2.50. The summed E-state index contributed by atoms with van der Waals surface area (Å²) in [5.74, 6) is 1.37. The van der Waals surface area contributed by atoms with Gasteiger partial charge in [0.15, 0.2) is 5.82 Å². The summed E-state index contributed by atoms with van der Waals surface area (Å²) in [6.45, 7) is 0.442. The Balaban J connectivity index is 1.76.